The number of para-hydroxylation sites is 2. The van der Waals surface area contributed by atoms with Gasteiger partial charge in [-0.1, -0.05) is 115 Å². The molecule has 9 rings (SSSR count). The maximum Gasteiger partial charge on any atom is 0.160 e. The quantitative estimate of drug-likeness (QED) is 0.226. The Kier molecular flexibility index (Phi) is 5.59. The normalized spacial score (nSPS) is 16.8. The largest absolute Gasteiger partial charge is 0.454 e. The van der Waals surface area contributed by atoms with Gasteiger partial charge in [0, 0.05) is 32.8 Å². The maximum absolute atomic E-state index is 6.65. The summed E-state index contributed by atoms with van der Waals surface area (Å²) >= 11 is 0. The second-order valence-corrected chi connectivity index (χ2v) is 11.6. The molecule has 0 aliphatic carbocycles. The maximum atomic E-state index is 6.65. The monoisotopic (exact) mass is 567 g/mol. The van der Waals surface area contributed by atoms with Crippen molar-refractivity contribution < 1.29 is 4.42 Å². The number of benzene rings is 6. The number of nitrogens with zero attached hydrogens (tertiary/aromatic N) is 2. The number of hydrogen-bond acceptors (Lipinski definition) is 3. The molecule has 44 heavy (non-hydrogen) atoms. The lowest BCUT2D eigenvalue weighted by molar-refractivity contribution is 0.501. The molecule has 0 radical (unpaired) electrons. The van der Waals surface area contributed by atoms with E-state index in [0.717, 1.165) is 55.5 Å². The third kappa shape index (κ3) is 3.78. The van der Waals surface area contributed by atoms with Crippen LogP contribution in [0.1, 0.15) is 41.4 Å². The van der Waals surface area contributed by atoms with Crippen LogP contribution in [0.3, 0.4) is 0 Å². The minimum Gasteiger partial charge on any atom is -0.454 e. The van der Waals surface area contributed by atoms with Crippen LogP contribution >= 0.6 is 0 Å². The Bertz CT molecular complexity index is 2380. The Morgan fingerprint density at radius 3 is 2.14 bits per heavy atom. The van der Waals surface area contributed by atoms with Crippen LogP contribution in [0.2, 0.25) is 0 Å². The molecule has 8 aromatic rings. The highest BCUT2D eigenvalue weighted by Gasteiger charge is 2.26. The molecule has 0 spiro atoms. The van der Waals surface area contributed by atoms with E-state index in [1.807, 2.05) is 6.07 Å². The van der Waals surface area contributed by atoms with Gasteiger partial charge in [0.1, 0.15) is 11.7 Å². The second kappa shape index (κ2) is 9.80. The first-order chi connectivity index (χ1) is 21.7. The van der Waals surface area contributed by atoms with Gasteiger partial charge in [0.2, 0.25) is 0 Å². The van der Waals surface area contributed by atoms with Gasteiger partial charge in [-0.2, -0.15) is 0 Å². The van der Waals surface area contributed by atoms with Crippen LogP contribution in [0.5, 0.6) is 0 Å². The van der Waals surface area contributed by atoms with Crippen molar-refractivity contribution in [3.63, 3.8) is 0 Å². The van der Waals surface area contributed by atoms with Gasteiger partial charge in [0.05, 0.1) is 22.8 Å². The summed E-state index contributed by atoms with van der Waals surface area (Å²) in [6, 6.07) is 49.4. The van der Waals surface area contributed by atoms with E-state index in [-0.39, 0.29) is 12.2 Å². The molecule has 210 valence electrons. The minimum atomic E-state index is -0.249. The standard InChI is InChI=1S/C40H29N3O/c1-25-29-16-8-10-18-34(29)43-35-24-28(37(26-12-4-2-5-13-26)42-40(41-25)27-14-6-3-7-15-27)20-21-30(35)32-22-23-33-31-17-9-11-19-36(31)44-39(33)38(32)43/h2-24,37,40,42H,1H3. The molecule has 2 bridgehead atoms. The molecule has 2 aromatic heterocycles. The fourth-order valence-electron chi connectivity index (χ4n) is 7.00. The van der Waals surface area contributed by atoms with E-state index < -0.39 is 0 Å². The van der Waals surface area contributed by atoms with Crippen molar-refractivity contribution in [3.8, 4) is 5.69 Å². The Balaban J connectivity index is 1.43. The van der Waals surface area contributed by atoms with E-state index in [9.17, 15) is 0 Å². The lowest BCUT2D eigenvalue weighted by atomic mass is 9.96. The zero-order valence-corrected chi connectivity index (χ0v) is 24.2. The smallest absolute Gasteiger partial charge is 0.160 e. The predicted molar refractivity (Wildman–Crippen MR) is 181 cm³/mol. The van der Waals surface area contributed by atoms with Crippen molar-refractivity contribution in [1.82, 2.24) is 9.88 Å². The number of aromatic nitrogens is 1. The van der Waals surface area contributed by atoms with E-state index in [4.69, 9.17) is 9.41 Å². The van der Waals surface area contributed by atoms with Crippen LogP contribution in [-0.2, 0) is 0 Å². The van der Waals surface area contributed by atoms with Crippen molar-refractivity contribution in [1.29, 1.82) is 0 Å². The molecule has 3 heterocycles. The first-order valence-electron chi connectivity index (χ1n) is 15.1. The molecule has 0 saturated carbocycles. The summed E-state index contributed by atoms with van der Waals surface area (Å²) in [7, 11) is 0. The molecule has 4 nitrogen and oxygen atoms in total. The summed E-state index contributed by atoms with van der Waals surface area (Å²) in [6.45, 7) is 2.13. The highest BCUT2D eigenvalue weighted by Crippen LogP contribution is 2.42. The van der Waals surface area contributed by atoms with Crippen molar-refractivity contribution in [3.05, 3.63) is 162 Å². The second-order valence-electron chi connectivity index (χ2n) is 11.6. The third-order valence-corrected chi connectivity index (χ3v) is 9.06. The van der Waals surface area contributed by atoms with Crippen LogP contribution in [0.25, 0.3) is 49.4 Å². The summed E-state index contributed by atoms with van der Waals surface area (Å²) in [5.74, 6) is 0. The van der Waals surface area contributed by atoms with Crippen LogP contribution in [0, 0.1) is 0 Å². The van der Waals surface area contributed by atoms with Gasteiger partial charge in [-0.05, 0) is 47.9 Å². The van der Waals surface area contributed by atoms with Gasteiger partial charge in [-0.15, -0.1) is 0 Å². The summed E-state index contributed by atoms with van der Waals surface area (Å²) in [5.41, 5.74) is 10.7. The van der Waals surface area contributed by atoms with E-state index in [1.54, 1.807) is 0 Å². The number of rotatable bonds is 2. The Hall–Kier alpha value is -5.45. The molecule has 2 atom stereocenters. The van der Waals surface area contributed by atoms with Gasteiger partial charge in [0.15, 0.2) is 5.58 Å². The molecule has 0 fully saturated rings. The number of hydrogen-bond donors (Lipinski definition) is 1. The molecule has 0 saturated heterocycles. The lowest BCUT2D eigenvalue weighted by Gasteiger charge is -2.25. The third-order valence-electron chi connectivity index (χ3n) is 9.06. The zero-order chi connectivity index (χ0) is 29.2. The minimum absolute atomic E-state index is 0.0822. The molecule has 1 aliphatic rings. The van der Waals surface area contributed by atoms with Crippen molar-refractivity contribution in [2.24, 2.45) is 4.99 Å². The van der Waals surface area contributed by atoms with E-state index in [0.29, 0.717) is 0 Å². The fraction of sp³-hybridized carbons (Fsp3) is 0.0750. The average Bonchev–Trinajstić information content (AvgIpc) is 3.62. The molecule has 0 amide bonds. The Morgan fingerprint density at radius 2 is 1.30 bits per heavy atom. The molecule has 2 unspecified atom stereocenters. The molecular weight excluding hydrogens is 538 g/mol. The highest BCUT2D eigenvalue weighted by molar-refractivity contribution is 6.22. The molecule has 4 heteroatoms. The molecule has 6 aromatic carbocycles. The highest BCUT2D eigenvalue weighted by atomic mass is 16.3. The summed E-state index contributed by atoms with van der Waals surface area (Å²) in [6.07, 6.45) is -0.249. The van der Waals surface area contributed by atoms with Crippen LogP contribution in [-0.4, -0.2) is 10.3 Å². The van der Waals surface area contributed by atoms with Gasteiger partial charge >= 0.3 is 0 Å². The summed E-state index contributed by atoms with van der Waals surface area (Å²) < 4.78 is 9.06. The lowest BCUT2D eigenvalue weighted by Crippen LogP contribution is -2.27. The summed E-state index contributed by atoms with van der Waals surface area (Å²) in [5, 5.41) is 8.57. The number of nitrogens with one attached hydrogen (secondary N) is 1. The Labute approximate surface area is 254 Å². The zero-order valence-electron chi connectivity index (χ0n) is 24.2. The van der Waals surface area contributed by atoms with Gasteiger partial charge in [-0.3, -0.25) is 10.3 Å². The van der Waals surface area contributed by atoms with Crippen molar-refractivity contribution >= 4 is 49.5 Å². The topological polar surface area (TPSA) is 42.5 Å². The van der Waals surface area contributed by atoms with Crippen LogP contribution in [0.4, 0.5) is 0 Å². The van der Waals surface area contributed by atoms with E-state index in [1.165, 1.54) is 21.9 Å². The number of furan rings is 1. The predicted octanol–water partition coefficient (Wildman–Crippen LogP) is 9.88. The van der Waals surface area contributed by atoms with Crippen LogP contribution in [0.15, 0.2) is 149 Å². The molecule has 1 N–H and O–H groups in total. The first kappa shape index (κ1) is 25.1. The Morgan fingerprint density at radius 1 is 0.614 bits per heavy atom. The van der Waals surface area contributed by atoms with E-state index in [2.05, 4.69) is 150 Å². The number of fused-ring (bicyclic) bond motifs is 10. The van der Waals surface area contributed by atoms with E-state index >= 15 is 0 Å². The van der Waals surface area contributed by atoms with Crippen molar-refractivity contribution in [2.45, 2.75) is 19.1 Å². The average molecular weight is 568 g/mol. The van der Waals surface area contributed by atoms with Crippen LogP contribution < -0.4 is 5.32 Å². The van der Waals surface area contributed by atoms with Gasteiger partial charge < -0.3 is 8.98 Å². The fourth-order valence-corrected chi connectivity index (χ4v) is 7.00. The first-order valence-corrected chi connectivity index (χ1v) is 15.1. The molecule has 1 aliphatic heterocycles. The van der Waals surface area contributed by atoms with Gasteiger partial charge in [-0.25, -0.2) is 0 Å². The van der Waals surface area contributed by atoms with Crippen molar-refractivity contribution in [2.75, 3.05) is 0 Å². The number of aliphatic imine (C=N–C) groups is 1. The van der Waals surface area contributed by atoms with Gasteiger partial charge in [0.25, 0.3) is 0 Å². The molecular formula is C40H29N3O. The summed E-state index contributed by atoms with van der Waals surface area (Å²) in [4.78, 5) is 5.40. The SMILES string of the molecule is CC1=NC(c2ccccc2)NC(c2ccccc2)c2ccc3c4ccc5c6ccccc6oc5c4n(c3c2)-c2ccccc21.